The Morgan fingerprint density at radius 1 is 1.28 bits per heavy atom. The zero-order valence-electron chi connectivity index (χ0n) is 10.3. The molecule has 0 N–H and O–H groups in total. The molecule has 0 spiro atoms. The average molecular weight is 318 g/mol. The van der Waals surface area contributed by atoms with Gasteiger partial charge in [-0.1, -0.05) is 22.0 Å². The third-order valence-electron chi connectivity index (χ3n) is 3.56. The van der Waals surface area contributed by atoms with Gasteiger partial charge in [-0.05, 0) is 43.9 Å². The second-order valence-corrected chi connectivity index (χ2v) is 5.71. The van der Waals surface area contributed by atoms with Crippen molar-refractivity contribution in [3.63, 3.8) is 0 Å². The van der Waals surface area contributed by atoms with Crippen molar-refractivity contribution < 1.29 is 8.78 Å². The monoisotopic (exact) mass is 317 g/mol. The highest BCUT2D eigenvalue weighted by Gasteiger charge is 2.21. The molecule has 1 aromatic carbocycles. The number of benzene rings is 1. The van der Waals surface area contributed by atoms with E-state index in [1.54, 1.807) is 0 Å². The third kappa shape index (κ3) is 3.51. The Labute approximate surface area is 115 Å². The second-order valence-electron chi connectivity index (χ2n) is 4.92. The van der Waals surface area contributed by atoms with Crippen molar-refractivity contribution >= 4 is 15.9 Å². The lowest BCUT2D eigenvalue weighted by Crippen LogP contribution is -2.35. The Hall–Kier alpha value is -0.480. The van der Waals surface area contributed by atoms with Crippen LogP contribution in [0.5, 0.6) is 0 Å². The molecule has 0 amide bonds. The summed E-state index contributed by atoms with van der Waals surface area (Å²) in [6.07, 6.45) is 3.48. The van der Waals surface area contributed by atoms with E-state index in [4.69, 9.17) is 0 Å². The smallest absolute Gasteiger partial charge is 0.130 e. The fourth-order valence-electron chi connectivity index (χ4n) is 2.59. The molecule has 1 aliphatic heterocycles. The molecule has 1 aliphatic rings. The summed E-state index contributed by atoms with van der Waals surface area (Å²) in [5.41, 5.74) is 0.206. The average Bonchev–Trinajstić information content (AvgIpc) is 2.35. The van der Waals surface area contributed by atoms with E-state index in [-0.39, 0.29) is 5.56 Å². The van der Waals surface area contributed by atoms with Gasteiger partial charge >= 0.3 is 0 Å². The molecule has 18 heavy (non-hydrogen) atoms. The predicted octanol–water partition coefficient (Wildman–Crippen LogP) is 3.96. The van der Waals surface area contributed by atoms with Crippen molar-refractivity contribution in [2.75, 3.05) is 18.4 Å². The summed E-state index contributed by atoms with van der Waals surface area (Å²) in [6, 6.07) is 4.08. The third-order valence-corrected chi connectivity index (χ3v) is 4.02. The van der Waals surface area contributed by atoms with Crippen LogP contribution in [-0.4, -0.2) is 23.3 Å². The molecular formula is C14H18BrF2N. The minimum atomic E-state index is -0.433. The SMILES string of the molecule is Fc1cccc(F)c1CN1CCCC(CCBr)C1. The lowest BCUT2D eigenvalue weighted by atomic mass is 9.95. The van der Waals surface area contributed by atoms with Gasteiger partial charge in [0.15, 0.2) is 0 Å². The van der Waals surface area contributed by atoms with Crippen LogP contribution in [0.15, 0.2) is 18.2 Å². The van der Waals surface area contributed by atoms with Crippen molar-refractivity contribution in [3.05, 3.63) is 35.4 Å². The molecule has 100 valence electrons. The summed E-state index contributed by atoms with van der Waals surface area (Å²) in [4.78, 5) is 2.16. The normalized spacial score (nSPS) is 21.2. The van der Waals surface area contributed by atoms with Gasteiger partial charge in [0.2, 0.25) is 0 Å². The van der Waals surface area contributed by atoms with Crippen molar-refractivity contribution in [1.82, 2.24) is 4.90 Å². The highest BCUT2D eigenvalue weighted by Crippen LogP contribution is 2.23. The molecule has 1 heterocycles. The molecule has 1 aromatic rings. The summed E-state index contributed by atoms with van der Waals surface area (Å²) in [6.45, 7) is 2.27. The lowest BCUT2D eigenvalue weighted by Gasteiger charge is -2.32. The Balaban J connectivity index is 2.00. The van der Waals surface area contributed by atoms with E-state index in [2.05, 4.69) is 20.8 Å². The lowest BCUT2D eigenvalue weighted by molar-refractivity contribution is 0.162. The van der Waals surface area contributed by atoms with Crippen LogP contribution in [-0.2, 0) is 6.54 Å². The first-order valence-electron chi connectivity index (χ1n) is 6.42. The zero-order chi connectivity index (χ0) is 13.0. The van der Waals surface area contributed by atoms with Gasteiger partial charge in [0, 0.05) is 24.0 Å². The molecule has 1 fully saturated rings. The molecule has 0 radical (unpaired) electrons. The van der Waals surface area contributed by atoms with E-state index in [0.29, 0.717) is 12.5 Å². The summed E-state index contributed by atoms with van der Waals surface area (Å²) < 4.78 is 27.2. The van der Waals surface area contributed by atoms with Gasteiger partial charge < -0.3 is 0 Å². The Bertz CT molecular complexity index is 375. The van der Waals surface area contributed by atoms with E-state index in [1.807, 2.05) is 0 Å². The van der Waals surface area contributed by atoms with Crippen LogP contribution in [0.3, 0.4) is 0 Å². The van der Waals surface area contributed by atoms with Gasteiger partial charge in [-0.25, -0.2) is 8.78 Å². The first-order valence-corrected chi connectivity index (χ1v) is 7.54. The van der Waals surface area contributed by atoms with E-state index < -0.39 is 11.6 Å². The first kappa shape index (κ1) is 13.9. The number of alkyl halides is 1. The molecule has 0 saturated carbocycles. The minimum absolute atomic E-state index is 0.206. The summed E-state index contributed by atoms with van der Waals surface area (Å²) in [5.74, 6) is -0.219. The zero-order valence-corrected chi connectivity index (χ0v) is 11.9. The van der Waals surface area contributed by atoms with E-state index in [9.17, 15) is 8.78 Å². The number of hydrogen-bond donors (Lipinski definition) is 0. The van der Waals surface area contributed by atoms with Gasteiger partial charge in [0.05, 0.1) is 0 Å². The van der Waals surface area contributed by atoms with Gasteiger partial charge in [-0.15, -0.1) is 0 Å². The summed E-state index contributed by atoms with van der Waals surface area (Å²) in [7, 11) is 0. The maximum absolute atomic E-state index is 13.6. The standard InChI is InChI=1S/C14H18BrF2N/c15-7-6-11-3-2-8-18(9-11)10-12-13(16)4-1-5-14(12)17/h1,4-5,11H,2-3,6-10H2. The summed E-state index contributed by atoms with van der Waals surface area (Å²) in [5, 5.41) is 1.000. The van der Waals surface area contributed by atoms with Crippen molar-refractivity contribution in [3.8, 4) is 0 Å². The Morgan fingerprint density at radius 2 is 2.00 bits per heavy atom. The number of likely N-dealkylation sites (tertiary alicyclic amines) is 1. The highest BCUT2D eigenvalue weighted by atomic mass is 79.9. The van der Waals surface area contributed by atoms with Crippen LogP contribution in [0.2, 0.25) is 0 Å². The fraction of sp³-hybridized carbons (Fsp3) is 0.571. The second kappa shape index (κ2) is 6.62. The molecule has 0 bridgehead atoms. The fourth-order valence-corrected chi connectivity index (χ4v) is 3.24. The molecule has 1 unspecified atom stereocenters. The molecule has 0 aromatic heterocycles. The number of hydrogen-bond acceptors (Lipinski definition) is 1. The number of rotatable bonds is 4. The van der Waals surface area contributed by atoms with E-state index in [1.165, 1.54) is 24.6 Å². The van der Waals surface area contributed by atoms with Crippen molar-refractivity contribution in [2.45, 2.75) is 25.8 Å². The Kier molecular flexibility index (Phi) is 5.13. The Morgan fingerprint density at radius 3 is 2.67 bits per heavy atom. The van der Waals surface area contributed by atoms with E-state index in [0.717, 1.165) is 31.3 Å². The van der Waals surface area contributed by atoms with Gasteiger partial charge in [-0.2, -0.15) is 0 Å². The molecule has 0 aliphatic carbocycles. The molecule has 1 nitrogen and oxygen atoms in total. The maximum Gasteiger partial charge on any atom is 0.130 e. The van der Waals surface area contributed by atoms with Crippen LogP contribution < -0.4 is 0 Å². The highest BCUT2D eigenvalue weighted by molar-refractivity contribution is 9.09. The van der Waals surface area contributed by atoms with Gasteiger partial charge in [-0.3, -0.25) is 4.90 Å². The van der Waals surface area contributed by atoms with Crippen LogP contribution in [0, 0.1) is 17.6 Å². The molecule has 4 heteroatoms. The van der Waals surface area contributed by atoms with Gasteiger partial charge in [0.25, 0.3) is 0 Å². The van der Waals surface area contributed by atoms with Crippen LogP contribution in [0.4, 0.5) is 8.78 Å². The molecule has 1 atom stereocenters. The molecule has 2 rings (SSSR count). The van der Waals surface area contributed by atoms with Crippen LogP contribution >= 0.6 is 15.9 Å². The number of halogens is 3. The quantitative estimate of drug-likeness (QED) is 0.760. The number of piperidine rings is 1. The largest absolute Gasteiger partial charge is 0.299 e. The summed E-state index contributed by atoms with van der Waals surface area (Å²) >= 11 is 3.46. The van der Waals surface area contributed by atoms with Gasteiger partial charge in [0.1, 0.15) is 11.6 Å². The topological polar surface area (TPSA) is 3.24 Å². The van der Waals surface area contributed by atoms with Crippen molar-refractivity contribution in [2.24, 2.45) is 5.92 Å². The van der Waals surface area contributed by atoms with Crippen LogP contribution in [0.25, 0.3) is 0 Å². The van der Waals surface area contributed by atoms with Crippen LogP contribution in [0.1, 0.15) is 24.8 Å². The first-order chi connectivity index (χ1) is 8.70. The number of nitrogens with zero attached hydrogens (tertiary/aromatic N) is 1. The molecule has 1 saturated heterocycles. The predicted molar refractivity (Wildman–Crippen MR) is 72.8 cm³/mol. The van der Waals surface area contributed by atoms with E-state index >= 15 is 0 Å². The maximum atomic E-state index is 13.6. The molecular weight excluding hydrogens is 300 g/mol. The van der Waals surface area contributed by atoms with Crippen molar-refractivity contribution in [1.29, 1.82) is 0 Å². The minimum Gasteiger partial charge on any atom is -0.299 e.